The first-order chi connectivity index (χ1) is 10.6. The number of amides is 2. The molecule has 0 aliphatic carbocycles. The fourth-order valence-corrected chi connectivity index (χ4v) is 2.46. The maximum absolute atomic E-state index is 11.9. The molecule has 0 spiro atoms. The van der Waals surface area contributed by atoms with Crippen molar-refractivity contribution >= 4 is 19.6 Å². The van der Waals surface area contributed by atoms with Crippen molar-refractivity contribution in [2.75, 3.05) is 26.3 Å². The molecule has 2 atom stereocenters. The molecule has 0 aliphatic rings. The Morgan fingerprint density at radius 1 is 1.22 bits per heavy atom. The molecule has 10 heteroatoms. The van der Waals surface area contributed by atoms with Gasteiger partial charge in [0.15, 0.2) is 0 Å². The van der Waals surface area contributed by atoms with Gasteiger partial charge in [0.1, 0.15) is 6.10 Å². The number of carbonyl (C=O) groups is 2. The van der Waals surface area contributed by atoms with Crippen LogP contribution in [0.3, 0.4) is 0 Å². The standard InChI is InChI=1S/C13H27N2O7P/c1-5-14-10(16)7-8-15-12(18)11(17)13(3,4)9-22-23(19,20)21-6-2/h11,17H,5-9H2,1-4H3,(H,14,16)(H,15,18)(H,19,20). The van der Waals surface area contributed by atoms with E-state index in [9.17, 15) is 24.2 Å². The highest BCUT2D eigenvalue weighted by Gasteiger charge is 2.36. The summed E-state index contributed by atoms with van der Waals surface area (Å²) in [5.41, 5.74) is -1.12. The first-order valence-electron chi connectivity index (χ1n) is 7.40. The predicted octanol–water partition coefficient (Wildman–Crippen LogP) is 0.169. The van der Waals surface area contributed by atoms with Gasteiger partial charge >= 0.3 is 7.82 Å². The average molecular weight is 354 g/mol. The van der Waals surface area contributed by atoms with Crippen LogP contribution in [0.15, 0.2) is 0 Å². The first-order valence-corrected chi connectivity index (χ1v) is 8.89. The normalized spacial score (nSPS) is 15.6. The van der Waals surface area contributed by atoms with Gasteiger partial charge in [-0.3, -0.25) is 18.6 Å². The highest BCUT2D eigenvalue weighted by atomic mass is 31.2. The fraction of sp³-hybridized carbons (Fsp3) is 0.846. The summed E-state index contributed by atoms with van der Waals surface area (Å²) in [6.07, 6.45) is -1.38. The Hall–Kier alpha value is -0.990. The maximum atomic E-state index is 11.9. The first kappa shape index (κ1) is 22.0. The number of aliphatic hydroxyl groups is 1. The van der Waals surface area contributed by atoms with Crippen molar-refractivity contribution < 1.29 is 33.2 Å². The van der Waals surface area contributed by atoms with Gasteiger partial charge in [0.05, 0.1) is 13.2 Å². The van der Waals surface area contributed by atoms with E-state index in [0.717, 1.165) is 0 Å². The molecule has 0 rings (SSSR count). The number of nitrogens with one attached hydrogen (secondary N) is 2. The summed E-state index contributed by atoms with van der Waals surface area (Å²) in [5, 5.41) is 15.1. The smallest absolute Gasteiger partial charge is 0.383 e. The molecule has 0 heterocycles. The van der Waals surface area contributed by atoms with Crippen molar-refractivity contribution in [3.8, 4) is 0 Å². The molecule has 9 nitrogen and oxygen atoms in total. The van der Waals surface area contributed by atoms with Crippen LogP contribution in [-0.2, 0) is 23.2 Å². The van der Waals surface area contributed by atoms with Gasteiger partial charge < -0.3 is 20.6 Å². The summed E-state index contributed by atoms with van der Waals surface area (Å²) in [6.45, 7) is 6.55. The monoisotopic (exact) mass is 354 g/mol. The summed E-state index contributed by atoms with van der Waals surface area (Å²) >= 11 is 0. The molecule has 0 radical (unpaired) electrons. The highest BCUT2D eigenvalue weighted by molar-refractivity contribution is 7.47. The average Bonchev–Trinajstić information content (AvgIpc) is 2.44. The van der Waals surface area contributed by atoms with Crippen molar-refractivity contribution in [2.45, 2.75) is 40.2 Å². The van der Waals surface area contributed by atoms with Gasteiger partial charge in [0.25, 0.3) is 0 Å². The lowest BCUT2D eigenvalue weighted by molar-refractivity contribution is -0.137. The van der Waals surface area contributed by atoms with Crippen LogP contribution in [-0.4, -0.2) is 54.2 Å². The van der Waals surface area contributed by atoms with E-state index in [2.05, 4.69) is 15.2 Å². The topological polar surface area (TPSA) is 134 Å². The number of rotatable bonds is 11. The fourth-order valence-electron chi connectivity index (χ4n) is 1.56. The van der Waals surface area contributed by atoms with E-state index in [-0.39, 0.29) is 32.1 Å². The number of phosphoric acid groups is 1. The highest BCUT2D eigenvalue weighted by Crippen LogP contribution is 2.44. The van der Waals surface area contributed by atoms with Crippen LogP contribution >= 0.6 is 7.82 Å². The second-order valence-electron chi connectivity index (χ2n) is 5.55. The summed E-state index contributed by atoms with van der Waals surface area (Å²) < 4.78 is 20.8. The van der Waals surface area contributed by atoms with Gasteiger partial charge in [-0.2, -0.15) is 0 Å². The Morgan fingerprint density at radius 2 is 1.83 bits per heavy atom. The predicted molar refractivity (Wildman–Crippen MR) is 83.5 cm³/mol. The molecule has 0 bridgehead atoms. The zero-order valence-electron chi connectivity index (χ0n) is 14.0. The SMILES string of the molecule is CCNC(=O)CCNC(=O)C(O)C(C)(C)COP(=O)(O)OCC. The van der Waals surface area contributed by atoms with Crippen molar-refractivity contribution in [3.05, 3.63) is 0 Å². The summed E-state index contributed by atoms with van der Waals surface area (Å²) in [7, 11) is -4.20. The summed E-state index contributed by atoms with van der Waals surface area (Å²) in [6, 6.07) is 0. The van der Waals surface area contributed by atoms with Crippen LogP contribution in [0.5, 0.6) is 0 Å². The number of carbonyl (C=O) groups excluding carboxylic acids is 2. The molecule has 0 saturated carbocycles. The van der Waals surface area contributed by atoms with Gasteiger partial charge in [-0.1, -0.05) is 13.8 Å². The Kier molecular flexibility index (Phi) is 9.57. The van der Waals surface area contributed by atoms with E-state index < -0.39 is 25.2 Å². The van der Waals surface area contributed by atoms with E-state index in [4.69, 9.17) is 4.52 Å². The molecule has 23 heavy (non-hydrogen) atoms. The second-order valence-corrected chi connectivity index (χ2v) is 7.00. The largest absolute Gasteiger partial charge is 0.472 e. The molecular weight excluding hydrogens is 327 g/mol. The quantitative estimate of drug-likeness (QED) is 0.389. The second kappa shape index (κ2) is 10.00. The number of hydrogen-bond donors (Lipinski definition) is 4. The molecule has 0 fully saturated rings. The van der Waals surface area contributed by atoms with Crippen LogP contribution in [0.2, 0.25) is 0 Å². The van der Waals surface area contributed by atoms with Crippen molar-refractivity contribution in [3.63, 3.8) is 0 Å². The van der Waals surface area contributed by atoms with Crippen molar-refractivity contribution in [1.29, 1.82) is 0 Å². The van der Waals surface area contributed by atoms with E-state index in [1.54, 1.807) is 6.92 Å². The molecule has 4 N–H and O–H groups in total. The molecule has 136 valence electrons. The lowest BCUT2D eigenvalue weighted by Crippen LogP contribution is -2.46. The van der Waals surface area contributed by atoms with Crippen molar-refractivity contribution in [1.82, 2.24) is 10.6 Å². The van der Waals surface area contributed by atoms with Gasteiger partial charge in [-0.15, -0.1) is 0 Å². The molecule has 0 aliphatic heterocycles. The minimum atomic E-state index is -4.20. The number of hydrogen-bond acceptors (Lipinski definition) is 6. The Labute approximate surface area is 136 Å². The van der Waals surface area contributed by atoms with E-state index in [0.29, 0.717) is 6.54 Å². The van der Waals surface area contributed by atoms with Crippen LogP contribution in [0.1, 0.15) is 34.1 Å². The van der Waals surface area contributed by atoms with Gasteiger partial charge in [-0.05, 0) is 13.8 Å². The third-order valence-corrected chi connectivity index (χ3v) is 3.95. The molecule has 2 amide bonds. The lowest BCUT2D eigenvalue weighted by atomic mass is 9.87. The third kappa shape index (κ3) is 9.02. The number of phosphoric ester groups is 1. The van der Waals surface area contributed by atoms with Gasteiger partial charge in [-0.25, -0.2) is 4.57 Å². The Balaban J connectivity index is 4.38. The van der Waals surface area contributed by atoms with Gasteiger partial charge in [0, 0.05) is 24.9 Å². The Morgan fingerprint density at radius 3 is 2.35 bits per heavy atom. The van der Waals surface area contributed by atoms with Crippen LogP contribution in [0.25, 0.3) is 0 Å². The summed E-state index contributed by atoms with van der Waals surface area (Å²) in [4.78, 5) is 32.5. The molecule has 2 unspecified atom stereocenters. The summed E-state index contributed by atoms with van der Waals surface area (Å²) in [5.74, 6) is -0.894. The van der Waals surface area contributed by atoms with Crippen LogP contribution in [0, 0.1) is 5.41 Å². The zero-order valence-corrected chi connectivity index (χ0v) is 14.9. The zero-order chi connectivity index (χ0) is 18.1. The van der Waals surface area contributed by atoms with E-state index in [1.165, 1.54) is 20.8 Å². The minimum Gasteiger partial charge on any atom is -0.383 e. The molecule has 0 saturated heterocycles. The lowest BCUT2D eigenvalue weighted by Gasteiger charge is -2.29. The Bertz CT molecular complexity index is 442. The van der Waals surface area contributed by atoms with E-state index >= 15 is 0 Å². The molecule has 0 aromatic carbocycles. The maximum Gasteiger partial charge on any atom is 0.472 e. The van der Waals surface area contributed by atoms with Crippen LogP contribution in [0.4, 0.5) is 0 Å². The number of aliphatic hydroxyl groups excluding tert-OH is 1. The minimum absolute atomic E-state index is 0.00291. The molecule has 0 aromatic rings. The molecular formula is C13H27N2O7P. The van der Waals surface area contributed by atoms with Crippen molar-refractivity contribution in [2.24, 2.45) is 5.41 Å². The molecule has 0 aromatic heterocycles. The van der Waals surface area contributed by atoms with Crippen LogP contribution < -0.4 is 10.6 Å². The van der Waals surface area contributed by atoms with Gasteiger partial charge in [0.2, 0.25) is 11.8 Å². The third-order valence-electron chi connectivity index (χ3n) is 2.91. The van der Waals surface area contributed by atoms with E-state index in [1.807, 2.05) is 0 Å².